The SMILES string of the molecule is O=C(c1ccc(-c2ccc(S(=O)(=O)N3CCN(CC(=O)N4CCOCC4)CC3)cc2)cc1)c1ccc(-n2ccnc2)cc1. The Morgan fingerprint density at radius 1 is 0.744 bits per heavy atom. The Morgan fingerprint density at radius 3 is 1.91 bits per heavy atom. The van der Waals surface area contributed by atoms with Crippen LogP contribution in [0.4, 0.5) is 0 Å². The van der Waals surface area contributed by atoms with Crippen LogP contribution in [0.5, 0.6) is 0 Å². The van der Waals surface area contributed by atoms with Crippen molar-refractivity contribution in [3.05, 3.63) is 103 Å². The largest absolute Gasteiger partial charge is 0.378 e. The average molecular weight is 600 g/mol. The van der Waals surface area contributed by atoms with E-state index in [9.17, 15) is 18.0 Å². The normalized spacial score (nSPS) is 16.7. The van der Waals surface area contributed by atoms with Gasteiger partial charge in [-0.2, -0.15) is 4.31 Å². The first-order chi connectivity index (χ1) is 20.9. The number of carbonyl (C=O) groups is 2. The predicted octanol–water partition coefficient (Wildman–Crippen LogP) is 2.94. The molecule has 11 heteroatoms. The molecule has 222 valence electrons. The molecule has 2 saturated heterocycles. The maximum atomic E-state index is 13.3. The summed E-state index contributed by atoms with van der Waals surface area (Å²) in [6, 6.07) is 21.5. The molecule has 10 nitrogen and oxygen atoms in total. The summed E-state index contributed by atoms with van der Waals surface area (Å²) < 4.78 is 35.3. The molecule has 0 N–H and O–H groups in total. The van der Waals surface area contributed by atoms with Crippen LogP contribution >= 0.6 is 0 Å². The van der Waals surface area contributed by atoms with Gasteiger partial charge in [0.15, 0.2) is 5.78 Å². The molecule has 2 aliphatic heterocycles. The number of benzene rings is 3. The fourth-order valence-electron chi connectivity index (χ4n) is 5.38. The summed E-state index contributed by atoms with van der Waals surface area (Å²) in [5.41, 5.74) is 3.83. The molecule has 6 rings (SSSR count). The predicted molar refractivity (Wildman–Crippen MR) is 161 cm³/mol. The van der Waals surface area contributed by atoms with Crippen LogP contribution in [0.1, 0.15) is 15.9 Å². The zero-order valence-electron chi connectivity index (χ0n) is 23.7. The highest BCUT2D eigenvalue weighted by Crippen LogP contribution is 2.25. The Kier molecular flexibility index (Phi) is 8.48. The lowest BCUT2D eigenvalue weighted by Gasteiger charge is -2.35. The fraction of sp³-hybridized carbons (Fsp3) is 0.281. The standard InChI is InChI=1S/C32H33N5O5S/c38-31(35-19-21-42-22-20-35)23-34-15-17-37(18-16-34)43(40,41)30-11-7-26(8-12-30)25-1-3-27(4-2-25)32(39)28-5-9-29(10-6-28)36-14-13-33-24-36/h1-14,24H,15-23H2. The van der Waals surface area contributed by atoms with Gasteiger partial charge in [0.05, 0.1) is 31.0 Å². The van der Waals surface area contributed by atoms with Gasteiger partial charge in [0.1, 0.15) is 0 Å². The van der Waals surface area contributed by atoms with Gasteiger partial charge >= 0.3 is 0 Å². The van der Waals surface area contributed by atoms with E-state index in [0.717, 1.165) is 16.8 Å². The molecule has 1 amide bonds. The Bertz CT molecular complexity index is 1660. The summed E-state index contributed by atoms with van der Waals surface area (Å²) in [4.78, 5) is 33.7. The fourth-order valence-corrected chi connectivity index (χ4v) is 6.80. The van der Waals surface area contributed by atoms with Crippen molar-refractivity contribution in [1.29, 1.82) is 0 Å². The first kappa shape index (κ1) is 28.9. The number of ketones is 1. The Morgan fingerprint density at radius 2 is 1.33 bits per heavy atom. The van der Waals surface area contributed by atoms with Gasteiger partial charge in [0.2, 0.25) is 15.9 Å². The molecule has 0 bridgehead atoms. The summed E-state index contributed by atoms with van der Waals surface area (Å²) >= 11 is 0. The lowest BCUT2D eigenvalue weighted by Crippen LogP contribution is -2.52. The van der Waals surface area contributed by atoms with Gasteiger partial charge in [-0.1, -0.05) is 36.4 Å². The molecule has 1 aromatic heterocycles. The van der Waals surface area contributed by atoms with Crippen LogP contribution in [0.2, 0.25) is 0 Å². The Hall–Kier alpha value is -4.16. The van der Waals surface area contributed by atoms with E-state index in [1.54, 1.807) is 61.1 Å². The molecule has 0 radical (unpaired) electrons. The highest BCUT2D eigenvalue weighted by Gasteiger charge is 2.30. The molecule has 0 aliphatic carbocycles. The highest BCUT2D eigenvalue weighted by molar-refractivity contribution is 7.89. The van der Waals surface area contributed by atoms with Gasteiger partial charge in [-0.15, -0.1) is 0 Å². The van der Waals surface area contributed by atoms with Crippen LogP contribution in [0, 0.1) is 0 Å². The van der Waals surface area contributed by atoms with Crippen molar-refractivity contribution >= 4 is 21.7 Å². The number of imidazole rings is 1. The van der Waals surface area contributed by atoms with Gasteiger partial charge in [-0.25, -0.2) is 13.4 Å². The number of hydrogen-bond donors (Lipinski definition) is 0. The number of rotatable bonds is 8. The summed E-state index contributed by atoms with van der Waals surface area (Å²) in [5.74, 6) is -0.0106. The maximum absolute atomic E-state index is 13.3. The molecule has 2 aliphatic rings. The monoisotopic (exact) mass is 599 g/mol. The maximum Gasteiger partial charge on any atom is 0.243 e. The van der Waals surface area contributed by atoms with Crippen LogP contribution in [0.3, 0.4) is 0 Å². The van der Waals surface area contributed by atoms with E-state index < -0.39 is 10.0 Å². The summed E-state index contributed by atoms with van der Waals surface area (Å²) in [6.45, 7) is 4.31. The van der Waals surface area contributed by atoms with Crippen LogP contribution in [-0.2, 0) is 19.6 Å². The Labute approximate surface area is 251 Å². The quantitative estimate of drug-likeness (QED) is 0.287. The van der Waals surface area contributed by atoms with Gasteiger partial charge in [0.25, 0.3) is 0 Å². The third-order valence-corrected chi connectivity index (χ3v) is 9.87. The zero-order valence-corrected chi connectivity index (χ0v) is 24.5. The number of aromatic nitrogens is 2. The minimum atomic E-state index is -3.65. The topological polar surface area (TPSA) is 105 Å². The van der Waals surface area contributed by atoms with Gasteiger partial charge < -0.3 is 14.2 Å². The van der Waals surface area contributed by atoms with E-state index in [4.69, 9.17) is 4.74 Å². The number of nitrogens with zero attached hydrogens (tertiary/aromatic N) is 5. The lowest BCUT2D eigenvalue weighted by atomic mass is 9.99. The molecule has 2 fully saturated rings. The average Bonchev–Trinajstić information content (AvgIpc) is 3.61. The second-order valence-corrected chi connectivity index (χ2v) is 12.6. The van der Waals surface area contributed by atoms with Crippen LogP contribution < -0.4 is 0 Å². The van der Waals surface area contributed by atoms with Gasteiger partial charge in [-0.05, 0) is 47.5 Å². The van der Waals surface area contributed by atoms with Gasteiger partial charge in [-0.3, -0.25) is 14.5 Å². The highest BCUT2D eigenvalue weighted by atomic mass is 32.2. The van der Waals surface area contributed by atoms with Gasteiger partial charge in [0, 0.05) is 68.5 Å². The molecule has 0 unspecified atom stereocenters. The van der Waals surface area contributed by atoms with Crippen molar-refractivity contribution < 1.29 is 22.7 Å². The minimum absolute atomic E-state index is 0.0628. The third kappa shape index (κ3) is 6.45. The molecular formula is C32H33N5O5S. The third-order valence-electron chi connectivity index (χ3n) is 7.96. The Balaban J connectivity index is 1.05. The number of amides is 1. The molecule has 43 heavy (non-hydrogen) atoms. The first-order valence-corrected chi connectivity index (χ1v) is 15.7. The van der Waals surface area contributed by atoms with Crippen molar-refractivity contribution in [3.8, 4) is 16.8 Å². The number of hydrogen-bond acceptors (Lipinski definition) is 7. The van der Waals surface area contributed by atoms with Crippen LogP contribution in [-0.4, -0.2) is 103 Å². The zero-order chi connectivity index (χ0) is 29.8. The van der Waals surface area contributed by atoms with Crippen molar-refractivity contribution in [1.82, 2.24) is 23.7 Å². The number of sulfonamides is 1. The van der Waals surface area contributed by atoms with Crippen molar-refractivity contribution in [2.45, 2.75) is 4.90 Å². The minimum Gasteiger partial charge on any atom is -0.378 e. The van der Waals surface area contributed by atoms with Crippen molar-refractivity contribution in [2.75, 3.05) is 59.0 Å². The summed E-state index contributed by atoms with van der Waals surface area (Å²) in [6.07, 6.45) is 5.25. The molecule has 4 aromatic rings. The lowest BCUT2D eigenvalue weighted by molar-refractivity contribution is -0.136. The van der Waals surface area contributed by atoms with E-state index in [1.807, 2.05) is 44.8 Å². The van der Waals surface area contributed by atoms with E-state index in [-0.39, 0.29) is 16.6 Å². The van der Waals surface area contributed by atoms with E-state index in [2.05, 4.69) is 4.98 Å². The molecule has 0 spiro atoms. The summed E-state index contributed by atoms with van der Waals surface area (Å²) in [5, 5.41) is 0. The smallest absolute Gasteiger partial charge is 0.243 e. The second kappa shape index (κ2) is 12.6. The van der Waals surface area contributed by atoms with Crippen molar-refractivity contribution in [3.63, 3.8) is 0 Å². The second-order valence-electron chi connectivity index (χ2n) is 10.6. The number of morpholine rings is 1. The molecule has 0 atom stereocenters. The first-order valence-electron chi connectivity index (χ1n) is 14.3. The summed E-state index contributed by atoms with van der Waals surface area (Å²) in [7, 11) is -3.65. The molecule has 0 saturated carbocycles. The number of ether oxygens (including phenoxy) is 1. The molecular weight excluding hydrogens is 566 g/mol. The van der Waals surface area contributed by atoms with Crippen molar-refractivity contribution in [2.24, 2.45) is 0 Å². The van der Waals surface area contributed by atoms with E-state index >= 15 is 0 Å². The van der Waals surface area contributed by atoms with E-state index in [0.29, 0.717) is 70.2 Å². The number of piperazine rings is 1. The van der Waals surface area contributed by atoms with E-state index in [1.165, 1.54) is 4.31 Å². The number of carbonyl (C=O) groups excluding carboxylic acids is 2. The van der Waals surface area contributed by atoms with Crippen LogP contribution in [0.15, 0.2) is 96.4 Å². The van der Waals surface area contributed by atoms with Crippen LogP contribution in [0.25, 0.3) is 16.8 Å². The molecule has 3 aromatic carbocycles. The molecule has 3 heterocycles.